The van der Waals surface area contributed by atoms with E-state index in [2.05, 4.69) is 71.5 Å². The molecule has 0 aromatic heterocycles. The van der Waals surface area contributed by atoms with Gasteiger partial charge in [0.15, 0.2) is 0 Å². The first-order valence-corrected chi connectivity index (χ1v) is 8.70. The predicted octanol–water partition coefficient (Wildman–Crippen LogP) is 2.87. The van der Waals surface area contributed by atoms with Gasteiger partial charge in [-0.3, -0.25) is 4.90 Å². The molecule has 4 rings (SSSR count). The minimum atomic E-state index is 0.0702. The monoisotopic (exact) mass is 320 g/mol. The number of rotatable bonds is 2. The molecular weight excluding hydrogens is 296 g/mol. The highest BCUT2D eigenvalue weighted by Crippen LogP contribution is 2.39. The molecule has 1 heterocycles. The van der Waals surface area contributed by atoms with Gasteiger partial charge in [0.25, 0.3) is 0 Å². The molecule has 124 valence electrons. The molecule has 1 fully saturated rings. The maximum Gasteiger partial charge on any atom is 0.0687 e. The van der Waals surface area contributed by atoms with Crippen molar-refractivity contribution in [1.29, 1.82) is 0 Å². The van der Waals surface area contributed by atoms with Crippen LogP contribution in [0.2, 0.25) is 0 Å². The van der Waals surface area contributed by atoms with Crippen LogP contribution in [-0.2, 0) is 0 Å². The minimum absolute atomic E-state index is 0.0702. The fraction of sp³-hybridized carbons (Fsp3) is 0.333. The van der Waals surface area contributed by atoms with Gasteiger partial charge in [0.2, 0.25) is 0 Å². The largest absolute Gasteiger partial charge is 0.392 e. The fourth-order valence-corrected chi connectivity index (χ4v) is 3.96. The van der Waals surface area contributed by atoms with E-state index in [-0.39, 0.29) is 12.6 Å². The van der Waals surface area contributed by atoms with Gasteiger partial charge in [-0.2, -0.15) is 0 Å². The number of aliphatic hydroxyl groups excluding tert-OH is 1. The lowest BCUT2D eigenvalue weighted by atomic mass is 9.91. The molecule has 1 N–H and O–H groups in total. The standard InChI is InChI=1S/C21H24N2O/c1-22-10-12-23(13-11-22)21-19-8-3-2-6-16(19)14-17(15-24)18-7-4-5-9-20(18)21/h2-9,14,21,24H,10-13,15H2,1H3. The topological polar surface area (TPSA) is 26.7 Å². The zero-order valence-electron chi connectivity index (χ0n) is 14.2. The molecule has 2 aromatic carbocycles. The Hall–Kier alpha value is -1.94. The smallest absolute Gasteiger partial charge is 0.0687 e. The fourth-order valence-electron chi connectivity index (χ4n) is 3.96. The number of hydrogen-bond acceptors (Lipinski definition) is 3. The van der Waals surface area contributed by atoms with Crippen molar-refractivity contribution in [1.82, 2.24) is 9.80 Å². The van der Waals surface area contributed by atoms with Crippen LogP contribution in [0.3, 0.4) is 0 Å². The molecular formula is C21H24N2O. The quantitative estimate of drug-likeness (QED) is 0.922. The Morgan fingerprint density at radius 1 is 0.917 bits per heavy atom. The second kappa shape index (κ2) is 6.52. The number of hydrogen-bond donors (Lipinski definition) is 1. The second-order valence-electron chi connectivity index (χ2n) is 6.79. The van der Waals surface area contributed by atoms with Crippen molar-refractivity contribution in [2.45, 2.75) is 6.04 Å². The highest BCUT2D eigenvalue weighted by Gasteiger charge is 2.30. The minimum Gasteiger partial charge on any atom is -0.392 e. The number of aliphatic hydroxyl groups is 1. The van der Waals surface area contributed by atoms with Crippen LogP contribution in [0.4, 0.5) is 0 Å². The van der Waals surface area contributed by atoms with Crippen LogP contribution in [0.15, 0.2) is 48.5 Å². The van der Waals surface area contributed by atoms with Crippen molar-refractivity contribution in [2.75, 3.05) is 39.8 Å². The van der Waals surface area contributed by atoms with E-state index in [1.165, 1.54) is 22.3 Å². The molecule has 3 nitrogen and oxygen atoms in total. The summed E-state index contributed by atoms with van der Waals surface area (Å²) in [5, 5.41) is 9.93. The van der Waals surface area contributed by atoms with Crippen LogP contribution < -0.4 is 0 Å². The molecule has 3 heteroatoms. The Bertz CT molecular complexity index is 760. The number of nitrogens with zero attached hydrogens (tertiary/aromatic N) is 2. The molecule has 1 atom stereocenters. The van der Waals surface area contributed by atoms with E-state index in [9.17, 15) is 5.11 Å². The Kier molecular flexibility index (Phi) is 4.23. The molecule has 24 heavy (non-hydrogen) atoms. The van der Waals surface area contributed by atoms with Crippen molar-refractivity contribution in [2.24, 2.45) is 0 Å². The summed E-state index contributed by atoms with van der Waals surface area (Å²) < 4.78 is 0. The van der Waals surface area contributed by atoms with Gasteiger partial charge in [-0.25, -0.2) is 0 Å². The van der Waals surface area contributed by atoms with Gasteiger partial charge in [-0.15, -0.1) is 0 Å². The van der Waals surface area contributed by atoms with E-state index in [1.807, 2.05) is 0 Å². The van der Waals surface area contributed by atoms with Crippen molar-refractivity contribution in [3.05, 3.63) is 70.8 Å². The zero-order chi connectivity index (χ0) is 16.5. The number of benzene rings is 2. The van der Waals surface area contributed by atoms with Gasteiger partial charge in [0, 0.05) is 26.2 Å². The SMILES string of the molecule is CN1CCN(C2c3ccccc3C=C(CO)c3ccccc32)CC1. The summed E-state index contributed by atoms with van der Waals surface area (Å²) in [6.45, 7) is 4.40. The lowest BCUT2D eigenvalue weighted by molar-refractivity contribution is 0.127. The first-order chi connectivity index (χ1) is 11.8. The molecule has 1 aliphatic heterocycles. The summed E-state index contributed by atoms with van der Waals surface area (Å²) in [5.74, 6) is 0. The molecule has 0 saturated carbocycles. The summed E-state index contributed by atoms with van der Waals surface area (Å²) in [6.07, 6.45) is 2.16. The highest BCUT2D eigenvalue weighted by atomic mass is 16.3. The third kappa shape index (κ3) is 2.69. The van der Waals surface area contributed by atoms with Gasteiger partial charge in [0.1, 0.15) is 0 Å². The van der Waals surface area contributed by atoms with Crippen molar-refractivity contribution >= 4 is 11.6 Å². The average molecular weight is 320 g/mol. The molecule has 0 amide bonds. The van der Waals surface area contributed by atoms with Crippen LogP contribution in [0.1, 0.15) is 28.3 Å². The van der Waals surface area contributed by atoms with Crippen molar-refractivity contribution < 1.29 is 5.11 Å². The average Bonchev–Trinajstić information content (AvgIpc) is 2.77. The van der Waals surface area contributed by atoms with Gasteiger partial charge in [-0.1, -0.05) is 48.5 Å². The zero-order valence-corrected chi connectivity index (χ0v) is 14.2. The van der Waals surface area contributed by atoms with E-state index in [1.54, 1.807) is 0 Å². The van der Waals surface area contributed by atoms with Crippen LogP contribution >= 0.6 is 0 Å². The third-order valence-electron chi connectivity index (χ3n) is 5.30. The van der Waals surface area contributed by atoms with E-state index in [0.29, 0.717) is 0 Å². The van der Waals surface area contributed by atoms with E-state index < -0.39 is 0 Å². The maximum atomic E-state index is 9.93. The summed E-state index contributed by atoms with van der Waals surface area (Å²) in [7, 11) is 2.19. The Labute approximate surface area is 143 Å². The molecule has 1 unspecified atom stereocenters. The Morgan fingerprint density at radius 2 is 1.58 bits per heavy atom. The normalized spacial score (nSPS) is 21.6. The van der Waals surface area contributed by atoms with E-state index in [0.717, 1.165) is 31.8 Å². The third-order valence-corrected chi connectivity index (χ3v) is 5.30. The molecule has 2 aromatic rings. The first kappa shape index (κ1) is 15.6. The summed E-state index contributed by atoms with van der Waals surface area (Å²) in [6, 6.07) is 17.4. The molecule has 0 bridgehead atoms. The lowest BCUT2D eigenvalue weighted by Crippen LogP contribution is -2.46. The predicted molar refractivity (Wildman–Crippen MR) is 98.8 cm³/mol. The molecule has 0 radical (unpaired) electrons. The summed E-state index contributed by atoms with van der Waals surface area (Å²) in [4.78, 5) is 4.98. The second-order valence-corrected chi connectivity index (χ2v) is 6.79. The van der Waals surface area contributed by atoms with Crippen LogP contribution in [0.25, 0.3) is 11.6 Å². The summed E-state index contributed by atoms with van der Waals surface area (Å²) >= 11 is 0. The maximum absolute atomic E-state index is 9.93. The summed E-state index contributed by atoms with van der Waals surface area (Å²) in [5.41, 5.74) is 6.07. The van der Waals surface area contributed by atoms with Crippen molar-refractivity contribution in [3.63, 3.8) is 0 Å². The number of fused-ring (bicyclic) bond motifs is 2. The van der Waals surface area contributed by atoms with Gasteiger partial charge in [-0.05, 0) is 41.0 Å². The van der Waals surface area contributed by atoms with Crippen LogP contribution in [0.5, 0.6) is 0 Å². The van der Waals surface area contributed by atoms with E-state index in [4.69, 9.17) is 0 Å². The number of piperazine rings is 1. The molecule has 2 aliphatic rings. The molecule has 1 aliphatic carbocycles. The van der Waals surface area contributed by atoms with Gasteiger partial charge >= 0.3 is 0 Å². The number of likely N-dealkylation sites (N-methyl/N-ethyl adjacent to an activating group) is 1. The van der Waals surface area contributed by atoms with Crippen molar-refractivity contribution in [3.8, 4) is 0 Å². The first-order valence-electron chi connectivity index (χ1n) is 8.70. The van der Waals surface area contributed by atoms with Gasteiger partial charge < -0.3 is 10.0 Å². The highest BCUT2D eigenvalue weighted by molar-refractivity contribution is 5.86. The molecule has 1 saturated heterocycles. The lowest BCUT2D eigenvalue weighted by Gasteiger charge is -2.39. The molecule has 0 spiro atoms. The van der Waals surface area contributed by atoms with Gasteiger partial charge in [0.05, 0.1) is 12.6 Å². The Balaban J connectivity index is 1.88. The van der Waals surface area contributed by atoms with E-state index >= 15 is 0 Å². The van der Waals surface area contributed by atoms with Crippen LogP contribution in [0, 0.1) is 0 Å². The van der Waals surface area contributed by atoms with Crippen LogP contribution in [-0.4, -0.2) is 54.7 Å². The Morgan fingerprint density at radius 3 is 2.33 bits per heavy atom.